The van der Waals surface area contributed by atoms with Crippen LogP contribution in [0.1, 0.15) is 20.3 Å². The van der Waals surface area contributed by atoms with E-state index in [0.29, 0.717) is 12.0 Å². The van der Waals surface area contributed by atoms with Gasteiger partial charge in [0, 0.05) is 16.3 Å². The minimum absolute atomic E-state index is 0.429. The van der Waals surface area contributed by atoms with Gasteiger partial charge in [-0.2, -0.15) is 0 Å². The van der Waals surface area contributed by atoms with Crippen molar-refractivity contribution in [1.29, 1.82) is 0 Å². The van der Waals surface area contributed by atoms with Gasteiger partial charge < -0.3 is 10.1 Å². The van der Waals surface area contributed by atoms with Crippen LogP contribution in [0.25, 0.3) is 0 Å². The molecule has 1 atom stereocenters. The lowest BCUT2D eigenvalue weighted by atomic mass is 10.1. The lowest BCUT2D eigenvalue weighted by molar-refractivity contribution is 0.412. The van der Waals surface area contributed by atoms with Crippen LogP contribution in [0.2, 0.25) is 0 Å². The first-order chi connectivity index (χ1) is 9.49. The van der Waals surface area contributed by atoms with Crippen LogP contribution in [0, 0.1) is 5.92 Å². The number of rotatable bonds is 4. The molecule has 0 aliphatic carbocycles. The van der Waals surface area contributed by atoms with E-state index in [1.165, 1.54) is 0 Å². The van der Waals surface area contributed by atoms with Crippen LogP contribution in [-0.2, 0) is 0 Å². The van der Waals surface area contributed by atoms with Gasteiger partial charge in [0.25, 0.3) is 0 Å². The molecule has 0 amide bonds. The summed E-state index contributed by atoms with van der Waals surface area (Å²) in [7, 11) is 1.66. The Morgan fingerprint density at radius 2 is 2.15 bits per heavy atom. The van der Waals surface area contributed by atoms with Gasteiger partial charge in [0.2, 0.25) is 0 Å². The third-order valence-corrected chi connectivity index (χ3v) is 5.25. The Hall–Kier alpha value is -0.200. The molecule has 6 heteroatoms. The molecule has 110 valence electrons. The summed E-state index contributed by atoms with van der Waals surface area (Å²) >= 11 is 8.81. The van der Waals surface area contributed by atoms with Crippen molar-refractivity contribution >= 4 is 54.5 Å². The second-order valence-corrected chi connectivity index (χ2v) is 7.84. The van der Waals surface area contributed by atoms with Crippen LogP contribution in [0.4, 0.5) is 5.69 Å². The number of aliphatic imine (C=N–C) groups is 1. The van der Waals surface area contributed by atoms with Crippen LogP contribution >= 0.6 is 43.6 Å². The third-order valence-electron chi connectivity index (χ3n) is 2.94. The fraction of sp³-hybridized carbons (Fsp3) is 0.500. The molecule has 1 aromatic rings. The average Bonchev–Trinajstić information content (AvgIpc) is 2.79. The molecule has 0 bridgehead atoms. The highest BCUT2D eigenvalue weighted by Crippen LogP contribution is 2.35. The molecule has 20 heavy (non-hydrogen) atoms. The summed E-state index contributed by atoms with van der Waals surface area (Å²) in [5, 5.41) is 4.37. The molecule has 1 unspecified atom stereocenters. The molecule has 0 saturated heterocycles. The van der Waals surface area contributed by atoms with Gasteiger partial charge in [0.15, 0.2) is 5.17 Å². The summed E-state index contributed by atoms with van der Waals surface area (Å²) in [6.45, 7) is 4.48. The van der Waals surface area contributed by atoms with Crippen LogP contribution < -0.4 is 10.1 Å². The molecule has 0 fully saturated rings. The SMILES string of the molecule is COc1cc(NC2=NC(CC(C)C)CS2)c(Br)cc1Br. The Kier molecular flexibility index (Phi) is 5.81. The molecular formula is C14H18Br2N2OS. The molecule has 2 rings (SSSR count). The van der Waals surface area contributed by atoms with Crippen molar-refractivity contribution in [1.82, 2.24) is 0 Å². The summed E-state index contributed by atoms with van der Waals surface area (Å²) in [6.07, 6.45) is 1.14. The van der Waals surface area contributed by atoms with E-state index in [9.17, 15) is 0 Å². The Balaban J connectivity index is 2.11. The molecule has 0 aromatic heterocycles. The number of ether oxygens (including phenoxy) is 1. The molecule has 1 N–H and O–H groups in total. The van der Waals surface area contributed by atoms with E-state index in [2.05, 4.69) is 51.0 Å². The molecule has 0 spiro atoms. The van der Waals surface area contributed by atoms with Crippen LogP contribution in [0.3, 0.4) is 0 Å². The highest BCUT2D eigenvalue weighted by molar-refractivity contribution is 9.11. The van der Waals surface area contributed by atoms with Gasteiger partial charge in [-0.3, -0.25) is 4.99 Å². The number of nitrogens with one attached hydrogen (secondary N) is 1. The highest BCUT2D eigenvalue weighted by Gasteiger charge is 2.20. The van der Waals surface area contributed by atoms with Gasteiger partial charge >= 0.3 is 0 Å². The van der Waals surface area contributed by atoms with E-state index in [4.69, 9.17) is 9.73 Å². The van der Waals surface area contributed by atoms with E-state index in [1.807, 2.05) is 12.1 Å². The van der Waals surface area contributed by atoms with Gasteiger partial charge in [-0.15, -0.1) is 0 Å². The zero-order valence-electron chi connectivity index (χ0n) is 11.7. The number of thioether (sulfide) groups is 1. The molecular weight excluding hydrogens is 404 g/mol. The summed E-state index contributed by atoms with van der Waals surface area (Å²) in [4.78, 5) is 4.74. The van der Waals surface area contributed by atoms with Gasteiger partial charge in [0.05, 0.1) is 23.3 Å². The Labute approximate surface area is 141 Å². The highest BCUT2D eigenvalue weighted by atomic mass is 79.9. The summed E-state index contributed by atoms with van der Waals surface area (Å²) in [6, 6.07) is 4.37. The third kappa shape index (κ3) is 4.15. The Morgan fingerprint density at radius 3 is 2.80 bits per heavy atom. The lowest BCUT2D eigenvalue weighted by Gasteiger charge is -2.11. The summed E-state index contributed by atoms with van der Waals surface area (Å²) in [5.74, 6) is 2.55. The van der Waals surface area contributed by atoms with Crippen molar-refractivity contribution < 1.29 is 4.74 Å². The first kappa shape index (κ1) is 16.2. The van der Waals surface area contributed by atoms with Gasteiger partial charge in [-0.25, -0.2) is 0 Å². The minimum Gasteiger partial charge on any atom is -0.495 e. The van der Waals surface area contributed by atoms with Gasteiger partial charge in [0.1, 0.15) is 5.75 Å². The maximum atomic E-state index is 5.32. The van der Waals surface area contributed by atoms with E-state index in [-0.39, 0.29) is 0 Å². The van der Waals surface area contributed by atoms with Crippen molar-refractivity contribution in [3.05, 3.63) is 21.1 Å². The van der Waals surface area contributed by atoms with Crippen LogP contribution in [0.15, 0.2) is 26.1 Å². The monoisotopic (exact) mass is 420 g/mol. The molecule has 3 nitrogen and oxygen atoms in total. The number of halogens is 2. The predicted octanol–water partition coefficient (Wildman–Crippen LogP) is 5.15. The van der Waals surface area contributed by atoms with Gasteiger partial charge in [-0.1, -0.05) is 25.6 Å². The fourth-order valence-electron chi connectivity index (χ4n) is 2.05. The number of amidine groups is 1. The number of benzene rings is 1. The molecule has 0 saturated carbocycles. The summed E-state index contributed by atoms with van der Waals surface area (Å²) < 4.78 is 7.24. The minimum atomic E-state index is 0.429. The zero-order chi connectivity index (χ0) is 14.7. The number of hydrogen-bond acceptors (Lipinski definition) is 4. The predicted molar refractivity (Wildman–Crippen MR) is 95.2 cm³/mol. The normalized spacial score (nSPS) is 18.3. The topological polar surface area (TPSA) is 33.6 Å². The first-order valence-corrected chi connectivity index (χ1v) is 9.07. The maximum Gasteiger partial charge on any atom is 0.161 e. The number of anilines is 1. The quantitative estimate of drug-likeness (QED) is 0.729. The van der Waals surface area contributed by atoms with Crippen molar-refractivity contribution in [3.8, 4) is 5.75 Å². The maximum absolute atomic E-state index is 5.32. The number of hydrogen-bond donors (Lipinski definition) is 1. The Morgan fingerprint density at radius 1 is 1.40 bits per heavy atom. The van der Waals surface area contributed by atoms with Crippen LogP contribution in [0.5, 0.6) is 5.75 Å². The number of nitrogens with zero attached hydrogens (tertiary/aromatic N) is 1. The molecule has 1 heterocycles. The smallest absolute Gasteiger partial charge is 0.161 e. The average molecular weight is 422 g/mol. The molecule has 1 aliphatic heterocycles. The second-order valence-electron chi connectivity index (χ2n) is 5.12. The molecule has 1 aliphatic rings. The van der Waals surface area contributed by atoms with Crippen molar-refractivity contribution in [3.63, 3.8) is 0 Å². The Bertz CT molecular complexity index is 520. The lowest BCUT2D eigenvalue weighted by Crippen LogP contribution is -2.08. The second kappa shape index (κ2) is 7.18. The first-order valence-electron chi connectivity index (χ1n) is 6.50. The van der Waals surface area contributed by atoms with Crippen molar-refractivity contribution in [2.45, 2.75) is 26.3 Å². The van der Waals surface area contributed by atoms with E-state index in [0.717, 1.165) is 37.7 Å². The van der Waals surface area contributed by atoms with E-state index in [1.54, 1.807) is 18.9 Å². The standard InChI is InChI=1S/C14H18Br2N2OS/c1-8(2)4-9-7-20-14(17-9)18-12-6-13(19-3)11(16)5-10(12)15/h5-6,8-9H,4,7H2,1-3H3,(H,17,18). The molecule has 1 aromatic carbocycles. The fourth-order valence-corrected chi connectivity index (χ4v) is 4.27. The number of methoxy groups -OCH3 is 1. The summed E-state index contributed by atoms with van der Waals surface area (Å²) in [5.41, 5.74) is 0.974. The van der Waals surface area contributed by atoms with Gasteiger partial charge in [-0.05, 0) is 50.3 Å². The van der Waals surface area contributed by atoms with Crippen molar-refractivity contribution in [2.24, 2.45) is 10.9 Å². The van der Waals surface area contributed by atoms with E-state index < -0.39 is 0 Å². The van der Waals surface area contributed by atoms with Crippen molar-refractivity contribution in [2.75, 3.05) is 18.2 Å². The van der Waals surface area contributed by atoms with E-state index >= 15 is 0 Å². The zero-order valence-corrected chi connectivity index (χ0v) is 15.7. The van der Waals surface area contributed by atoms with Crippen LogP contribution in [-0.4, -0.2) is 24.1 Å². The largest absolute Gasteiger partial charge is 0.495 e. The molecule has 0 radical (unpaired) electrons.